The van der Waals surface area contributed by atoms with Gasteiger partial charge >= 0.3 is 5.97 Å². The minimum Gasteiger partial charge on any atom is -0.293 e. The Hall–Kier alpha value is -1.35. The van der Waals surface area contributed by atoms with Crippen molar-refractivity contribution in [2.24, 2.45) is 0 Å². The fourth-order valence-corrected chi connectivity index (χ4v) is 3.89. The largest absolute Gasteiger partial charge is 0.373 e. The van der Waals surface area contributed by atoms with Crippen LogP contribution in [0.4, 0.5) is 0 Å². The van der Waals surface area contributed by atoms with E-state index in [-0.39, 0.29) is 5.41 Å². The zero-order valence-corrected chi connectivity index (χ0v) is 21.3. The lowest BCUT2D eigenvalue weighted by atomic mass is 9.87. The van der Waals surface area contributed by atoms with Gasteiger partial charge in [0.25, 0.3) is 0 Å². The second-order valence-corrected chi connectivity index (χ2v) is 10.2. The van der Waals surface area contributed by atoms with Gasteiger partial charge in [-0.3, -0.25) is 4.89 Å². The number of hydrogen-bond donors (Lipinski definition) is 0. The molecule has 0 unspecified atom stereocenters. The number of unbranched alkanes of at least 4 members (excludes halogenated alkanes) is 15. The van der Waals surface area contributed by atoms with Gasteiger partial charge in [0.05, 0.1) is 12.2 Å². The molecular formula is C29H49O3. The number of rotatable bonds is 19. The van der Waals surface area contributed by atoms with Crippen molar-refractivity contribution in [2.45, 2.75) is 129 Å². The Kier molecular flexibility index (Phi) is 16.2. The summed E-state index contributed by atoms with van der Waals surface area (Å²) in [6.45, 7) is 10.8. The molecule has 0 fully saturated rings. The summed E-state index contributed by atoms with van der Waals surface area (Å²) in [5, 5.41) is 0. The van der Waals surface area contributed by atoms with Crippen molar-refractivity contribution in [3.8, 4) is 0 Å². The van der Waals surface area contributed by atoms with Gasteiger partial charge in [-0.25, -0.2) is 4.79 Å². The normalized spacial score (nSPS) is 11.6. The lowest BCUT2D eigenvalue weighted by Gasteiger charge is -2.18. The van der Waals surface area contributed by atoms with Crippen LogP contribution in [0.1, 0.15) is 139 Å². The maximum absolute atomic E-state index is 12.0. The highest BCUT2D eigenvalue weighted by molar-refractivity contribution is 5.88. The van der Waals surface area contributed by atoms with E-state index in [0.717, 1.165) is 19.3 Å². The molecule has 1 aromatic rings. The smallest absolute Gasteiger partial charge is 0.293 e. The summed E-state index contributed by atoms with van der Waals surface area (Å²) >= 11 is 0. The Morgan fingerprint density at radius 1 is 0.688 bits per heavy atom. The van der Waals surface area contributed by atoms with E-state index < -0.39 is 5.97 Å². The average molecular weight is 446 g/mol. The minimum absolute atomic E-state index is 0.0741. The highest BCUT2D eigenvalue weighted by Crippen LogP contribution is 2.22. The molecule has 0 amide bonds. The Balaban J connectivity index is 1.86. The predicted octanol–water partition coefficient (Wildman–Crippen LogP) is 9.15. The number of benzene rings is 1. The molecule has 0 aliphatic rings. The monoisotopic (exact) mass is 445 g/mol. The second kappa shape index (κ2) is 18.1. The molecule has 1 aromatic carbocycles. The lowest BCUT2D eigenvalue weighted by molar-refractivity contribution is -0.241. The molecule has 1 rings (SSSR count). The Morgan fingerprint density at radius 3 is 1.50 bits per heavy atom. The van der Waals surface area contributed by atoms with Gasteiger partial charge in [0.15, 0.2) is 0 Å². The average Bonchev–Trinajstić information content (AvgIpc) is 2.77. The van der Waals surface area contributed by atoms with Crippen molar-refractivity contribution in [1.82, 2.24) is 0 Å². The molecular weight excluding hydrogens is 396 g/mol. The van der Waals surface area contributed by atoms with Crippen LogP contribution in [0.5, 0.6) is 0 Å². The molecule has 0 bridgehead atoms. The van der Waals surface area contributed by atoms with Crippen LogP contribution in [0.25, 0.3) is 0 Å². The van der Waals surface area contributed by atoms with Crippen molar-refractivity contribution in [3.63, 3.8) is 0 Å². The van der Waals surface area contributed by atoms with Crippen LogP contribution in [0.2, 0.25) is 0 Å². The Morgan fingerprint density at radius 2 is 1.09 bits per heavy atom. The van der Waals surface area contributed by atoms with Crippen molar-refractivity contribution in [3.05, 3.63) is 42.3 Å². The zero-order valence-electron chi connectivity index (χ0n) is 21.3. The van der Waals surface area contributed by atoms with E-state index in [1.54, 1.807) is 12.1 Å². The van der Waals surface area contributed by atoms with Crippen LogP contribution < -0.4 is 0 Å². The van der Waals surface area contributed by atoms with Gasteiger partial charge in [0.2, 0.25) is 0 Å². The lowest BCUT2D eigenvalue weighted by Crippen LogP contribution is -2.12. The molecule has 0 saturated heterocycles. The van der Waals surface area contributed by atoms with Crippen LogP contribution in [0, 0.1) is 6.92 Å². The van der Waals surface area contributed by atoms with Crippen molar-refractivity contribution < 1.29 is 14.6 Å². The third-order valence-corrected chi connectivity index (χ3v) is 6.10. The molecule has 0 aliphatic heterocycles. The summed E-state index contributed by atoms with van der Waals surface area (Å²) < 4.78 is 0. The van der Waals surface area contributed by atoms with Crippen molar-refractivity contribution >= 4 is 5.97 Å². The molecule has 3 heteroatoms. The number of carbonyl (C=O) groups excluding carboxylic acids is 1. The van der Waals surface area contributed by atoms with Crippen LogP contribution in [0.3, 0.4) is 0 Å². The third kappa shape index (κ3) is 14.7. The van der Waals surface area contributed by atoms with Gasteiger partial charge in [-0.15, -0.1) is 0 Å². The van der Waals surface area contributed by atoms with E-state index in [0.29, 0.717) is 12.2 Å². The number of hydrogen-bond acceptors (Lipinski definition) is 3. The molecule has 0 atom stereocenters. The summed E-state index contributed by atoms with van der Waals surface area (Å²) in [6, 6.07) is 7.56. The zero-order chi connectivity index (χ0) is 23.5. The van der Waals surface area contributed by atoms with Gasteiger partial charge in [0, 0.05) is 0 Å². The maximum atomic E-state index is 12.0. The van der Waals surface area contributed by atoms with Gasteiger partial charge in [-0.05, 0) is 29.5 Å². The molecule has 3 nitrogen and oxygen atoms in total. The highest BCUT2D eigenvalue weighted by Gasteiger charge is 2.15. The summed E-state index contributed by atoms with van der Waals surface area (Å²) in [7, 11) is 0. The minimum atomic E-state index is -0.417. The third-order valence-electron chi connectivity index (χ3n) is 6.10. The van der Waals surface area contributed by atoms with Gasteiger partial charge in [-0.1, -0.05) is 136 Å². The quantitative estimate of drug-likeness (QED) is 0.121. The molecule has 0 spiro atoms. The van der Waals surface area contributed by atoms with Gasteiger partial charge < -0.3 is 0 Å². The van der Waals surface area contributed by atoms with Crippen LogP contribution in [0.15, 0.2) is 24.3 Å². The van der Waals surface area contributed by atoms with Crippen LogP contribution in [-0.4, -0.2) is 12.6 Å². The van der Waals surface area contributed by atoms with E-state index in [9.17, 15) is 4.79 Å². The van der Waals surface area contributed by atoms with Crippen molar-refractivity contribution in [2.75, 3.05) is 6.61 Å². The summed E-state index contributed by atoms with van der Waals surface area (Å²) in [6.07, 6.45) is 20.9. The SMILES string of the molecule is [CH2]CCCCCCCCCCCCCCCCCOOC(=O)c1ccc(C(C)(C)C)cc1. The van der Waals surface area contributed by atoms with Crippen LogP contribution >= 0.6 is 0 Å². The second-order valence-electron chi connectivity index (χ2n) is 10.2. The fraction of sp³-hybridized carbons (Fsp3) is 0.724. The first-order valence-electron chi connectivity index (χ1n) is 13.2. The summed E-state index contributed by atoms with van der Waals surface area (Å²) in [5.41, 5.74) is 1.80. The van der Waals surface area contributed by atoms with E-state index in [2.05, 4.69) is 27.7 Å². The molecule has 32 heavy (non-hydrogen) atoms. The molecule has 0 heterocycles. The fourth-order valence-electron chi connectivity index (χ4n) is 3.89. The predicted molar refractivity (Wildman–Crippen MR) is 136 cm³/mol. The topological polar surface area (TPSA) is 35.5 Å². The Labute approximate surface area is 198 Å². The van der Waals surface area contributed by atoms with Gasteiger partial charge in [-0.2, -0.15) is 4.89 Å². The van der Waals surface area contributed by atoms with Gasteiger partial charge in [0.1, 0.15) is 0 Å². The maximum Gasteiger partial charge on any atom is 0.373 e. The first kappa shape index (κ1) is 28.7. The summed E-state index contributed by atoms with van der Waals surface area (Å²) in [5.74, 6) is -0.417. The molecule has 0 aromatic heterocycles. The van der Waals surface area contributed by atoms with Crippen LogP contribution in [-0.2, 0) is 15.2 Å². The molecule has 183 valence electrons. The summed E-state index contributed by atoms with van der Waals surface area (Å²) in [4.78, 5) is 22.1. The van der Waals surface area contributed by atoms with E-state index in [1.807, 2.05) is 12.1 Å². The molecule has 0 saturated carbocycles. The number of carbonyl (C=O) groups is 1. The molecule has 0 aliphatic carbocycles. The van der Waals surface area contributed by atoms with E-state index in [1.165, 1.54) is 89.0 Å². The Bertz CT molecular complexity index is 571. The molecule has 0 N–H and O–H groups in total. The standard InChI is InChI=1S/C29H49O3/c1-5-6-7-8-9-10-11-12-13-14-15-16-17-18-19-20-25-31-32-28(30)26-21-23-27(24-22-26)29(2,3)4/h21-24H,1,5-20,25H2,2-4H3. The first-order valence-corrected chi connectivity index (χ1v) is 13.2. The molecule has 1 radical (unpaired) electrons. The van der Waals surface area contributed by atoms with E-state index >= 15 is 0 Å². The first-order chi connectivity index (χ1) is 15.4. The highest BCUT2D eigenvalue weighted by atomic mass is 17.2. The van der Waals surface area contributed by atoms with Crippen molar-refractivity contribution in [1.29, 1.82) is 0 Å². The van der Waals surface area contributed by atoms with E-state index in [4.69, 9.17) is 9.78 Å².